The molecule has 5 nitrogen and oxygen atoms in total. The standard InChI is InChI=1S/C17H26N4O/c1-12-18-15(17(22)21-14-7-3-2-4-8-14)11-16(19-12)20-13-9-5-6-10-13/h11,13-14H,2-10H2,1H3,(H,21,22)(H,18,19,20). The molecule has 1 aromatic rings. The fourth-order valence-electron chi connectivity index (χ4n) is 3.54. The lowest BCUT2D eigenvalue weighted by Gasteiger charge is -2.22. The smallest absolute Gasteiger partial charge is 0.270 e. The fourth-order valence-corrected chi connectivity index (χ4v) is 3.54. The molecule has 0 atom stereocenters. The number of nitrogens with one attached hydrogen (secondary N) is 2. The molecule has 2 aliphatic rings. The van der Waals surface area contributed by atoms with E-state index in [0.29, 0.717) is 23.6 Å². The van der Waals surface area contributed by atoms with E-state index in [-0.39, 0.29) is 5.91 Å². The highest BCUT2D eigenvalue weighted by Gasteiger charge is 2.19. The van der Waals surface area contributed by atoms with E-state index in [9.17, 15) is 4.79 Å². The Balaban J connectivity index is 1.66. The summed E-state index contributed by atoms with van der Waals surface area (Å²) in [5.74, 6) is 1.37. The Labute approximate surface area is 132 Å². The van der Waals surface area contributed by atoms with Crippen LogP contribution in [-0.2, 0) is 0 Å². The minimum Gasteiger partial charge on any atom is -0.367 e. The predicted octanol–water partition coefficient (Wildman–Crippen LogP) is 3.20. The van der Waals surface area contributed by atoms with Crippen molar-refractivity contribution in [3.63, 3.8) is 0 Å². The first-order valence-corrected chi connectivity index (χ1v) is 8.64. The molecule has 5 heteroatoms. The van der Waals surface area contributed by atoms with Gasteiger partial charge in [0, 0.05) is 18.2 Å². The number of amides is 1. The third-order valence-electron chi connectivity index (χ3n) is 4.72. The largest absolute Gasteiger partial charge is 0.367 e. The molecule has 2 aliphatic carbocycles. The molecule has 2 N–H and O–H groups in total. The zero-order chi connectivity index (χ0) is 15.4. The zero-order valence-electron chi connectivity index (χ0n) is 13.4. The quantitative estimate of drug-likeness (QED) is 0.896. The molecule has 0 bridgehead atoms. The zero-order valence-corrected chi connectivity index (χ0v) is 13.4. The lowest BCUT2D eigenvalue weighted by atomic mass is 9.95. The first kappa shape index (κ1) is 15.3. The van der Waals surface area contributed by atoms with Crippen molar-refractivity contribution in [1.82, 2.24) is 15.3 Å². The van der Waals surface area contributed by atoms with E-state index in [1.165, 1.54) is 44.9 Å². The highest BCUT2D eigenvalue weighted by Crippen LogP contribution is 2.22. The van der Waals surface area contributed by atoms with Crippen molar-refractivity contribution in [3.8, 4) is 0 Å². The summed E-state index contributed by atoms with van der Waals surface area (Å²) in [6.07, 6.45) is 10.8. The molecule has 3 rings (SSSR count). The lowest BCUT2D eigenvalue weighted by Crippen LogP contribution is -2.36. The van der Waals surface area contributed by atoms with Crippen LogP contribution in [0.25, 0.3) is 0 Å². The van der Waals surface area contributed by atoms with Gasteiger partial charge in [0.05, 0.1) is 0 Å². The molecule has 0 unspecified atom stereocenters. The van der Waals surface area contributed by atoms with Crippen LogP contribution in [0.5, 0.6) is 0 Å². The number of aryl methyl sites for hydroxylation is 1. The van der Waals surface area contributed by atoms with Crippen LogP contribution in [0.1, 0.15) is 74.1 Å². The first-order valence-electron chi connectivity index (χ1n) is 8.64. The summed E-state index contributed by atoms with van der Waals surface area (Å²) in [4.78, 5) is 21.2. The van der Waals surface area contributed by atoms with Crippen LogP contribution in [0.3, 0.4) is 0 Å². The van der Waals surface area contributed by atoms with Crippen LogP contribution in [0.15, 0.2) is 6.07 Å². The second kappa shape index (κ2) is 7.07. The maximum absolute atomic E-state index is 12.4. The number of carbonyl (C=O) groups excluding carboxylic acids is 1. The molecule has 1 amide bonds. The van der Waals surface area contributed by atoms with Gasteiger partial charge in [-0.05, 0) is 32.6 Å². The van der Waals surface area contributed by atoms with Crippen LogP contribution in [0.2, 0.25) is 0 Å². The van der Waals surface area contributed by atoms with Gasteiger partial charge < -0.3 is 10.6 Å². The van der Waals surface area contributed by atoms with Gasteiger partial charge >= 0.3 is 0 Å². The van der Waals surface area contributed by atoms with Crippen molar-refractivity contribution in [3.05, 3.63) is 17.6 Å². The van der Waals surface area contributed by atoms with E-state index >= 15 is 0 Å². The number of carbonyl (C=O) groups is 1. The third-order valence-corrected chi connectivity index (χ3v) is 4.72. The van der Waals surface area contributed by atoms with E-state index in [0.717, 1.165) is 18.7 Å². The Morgan fingerprint density at radius 3 is 2.36 bits per heavy atom. The average molecular weight is 302 g/mol. The van der Waals surface area contributed by atoms with E-state index in [2.05, 4.69) is 20.6 Å². The van der Waals surface area contributed by atoms with E-state index in [1.807, 2.05) is 6.92 Å². The van der Waals surface area contributed by atoms with Crippen LogP contribution >= 0.6 is 0 Å². The molecule has 0 radical (unpaired) electrons. The molecule has 22 heavy (non-hydrogen) atoms. The molecule has 0 spiro atoms. The van der Waals surface area contributed by atoms with Crippen LogP contribution in [0.4, 0.5) is 5.82 Å². The van der Waals surface area contributed by atoms with Gasteiger partial charge in [-0.25, -0.2) is 9.97 Å². The van der Waals surface area contributed by atoms with Crippen molar-refractivity contribution in [2.24, 2.45) is 0 Å². The summed E-state index contributed by atoms with van der Waals surface area (Å²) in [6.45, 7) is 1.84. The average Bonchev–Trinajstić information content (AvgIpc) is 3.00. The van der Waals surface area contributed by atoms with E-state index in [4.69, 9.17) is 0 Å². The molecular weight excluding hydrogens is 276 g/mol. The monoisotopic (exact) mass is 302 g/mol. The summed E-state index contributed by atoms with van der Waals surface area (Å²) in [7, 11) is 0. The summed E-state index contributed by atoms with van der Waals surface area (Å²) < 4.78 is 0. The Bertz CT molecular complexity index is 519. The van der Waals surface area contributed by atoms with Crippen molar-refractivity contribution in [1.29, 1.82) is 0 Å². The third kappa shape index (κ3) is 3.96. The normalized spacial score (nSPS) is 20.0. The number of aromatic nitrogens is 2. The Morgan fingerprint density at radius 2 is 1.64 bits per heavy atom. The molecule has 0 aromatic carbocycles. The molecule has 120 valence electrons. The van der Waals surface area contributed by atoms with Gasteiger partial charge in [0.25, 0.3) is 5.91 Å². The second-order valence-electron chi connectivity index (χ2n) is 6.62. The lowest BCUT2D eigenvalue weighted by molar-refractivity contribution is 0.0922. The van der Waals surface area contributed by atoms with Crippen LogP contribution < -0.4 is 10.6 Å². The number of hydrogen-bond acceptors (Lipinski definition) is 4. The SMILES string of the molecule is Cc1nc(NC2CCCC2)cc(C(=O)NC2CCCCC2)n1. The maximum Gasteiger partial charge on any atom is 0.270 e. The second-order valence-corrected chi connectivity index (χ2v) is 6.62. The van der Waals surface area contributed by atoms with Crippen LogP contribution in [-0.4, -0.2) is 28.0 Å². The predicted molar refractivity (Wildman–Crippen MR) is 87.0 cm³/mol. The molecule has 2 fully saturated rings. The van der Waals surface area contributed by atoms with Crippen molar-refractivity contribution in [2.45, 2.75) is 76.8 Å². The summed E-state index contributed by atoms with van der Waals surface area (Å²) >= 11 is 0. The number of rotatable bonds is 4. The first-order chi connectivity index (χ1) is 10.7. The van der Waals surface area contributed by atoms with Gasteiger partial charge in [-0.1, -0.05) is 32.1 Å². The molecule has 0 aliphatic heterocycles. The molecule has 1 aromatic heterocycles. The number of hydrogen-bond donors (Lipinski definition) is 2. The summed E-state index contributed by atoms with van der Waals surface area (Å²) in [5, 5.41) is 6.58. The highest BCUT2D eigenvalue weighted by atomic mass is 16.1. The molecule has 2 saturated carbocycles. The van der Waals surface area contributed by atoms with E-state index in [1.54, 1.807) is 6.07 Å². The topological polar surface area (TPSA) is 66.9 Å². The molecule has 1 heterocycles. The van der Waals surface area contributed by atoms with Gasteiger partial charge in [-0.15, -0.1) is 0 Å². The van der Waals surface area contributed by atoms with Gasteiger partial charge in [-0.3, -0.25) is 4.79 Å². The van der Waals surface area contributed by atoms with Gasteiger partial charge in [0.15, 0.2) is 0 Å². The fraction of sp³-hybridized carbons (Fsp3) is 0.706. The van der Waals surface area contributed by atoms with E-state index < -0.39 is 0 Å². The minimum absolute atomic E-state index is 0.0631. The Hall–Kier alpha value is -1.65. The number of nitrogens with zero attached hydrogens (tertiary/aromatic N) is 2. The minimum atomic E-state index is -0.0631. The Kier molecular flexibility index (Phi) is 4.90. The van der Waals surface area contributed by atoms with Gasteiger partial charge in [0.2, 0.25) is 0 Å². The molecule has 0 saturated heterocycles. The van der Waals surface area contributed by atoms with Crippen molar-refractivity contribution in [2.75, 3.05) is 5.32 Å². The van der Waals surface area contributed by atoms with Gasteiger partial charge in [0.1, 0.15) is 17.3 Å². The maximum atomic E-state index is 12.4. The Morgan fingerprint density at radius 1 is 1.00 bits per heavy atom. The van der Waals surface area contributed by atoms with Gasteiger partial charge in [-0.2, -0.15) is 0 Å². The summed E-state index contributed by atoms with van der Waals surface area (Å²) in [5.41, 5.74) is 0.485. The van der Waals surface area contributed by atoms with Crippen molar-refractivity contribution >= 4 is 11.7 Å². The highest BCUT2D eigenvalue weighted by molar-refractivity contribution is 5.93. The molecular formula is C17H26N4O. The number of anilines is 1. The summed E-state index contributed by atoms with van der Waals surface area (Å²) in [6, 6.07) is 2.59. The van der Waals surface area contributed by atoms with Crippen LogP contribution in [0, 0.1) is 6.92 Å². The van der Waals surface area contributed by atoms with Crippen molar-refractivity contribution < 1.29 is 4.79 Å².